The minimum atomic E-state index is -0.154. The molecule has 0 aliphatic carbocycles. The molecule has 5 heteroatoms. The summed E-state index contributed by atoms with van der Waals surface area (Å²) in [5.41, 5.74) is 22.9. The molecule has 2 aliphatic heterocycles. The first-order chi connectivity index (χ1) is 40.8. The number of fused-ring (bicyclic) bond motifs is 6. The number of rotatable bonds is 10. The van der Waals surface area contributed by atoms with Gasteiger partial charge in [0.2, 0.25) is 0 Å². The summed E-state index contributed by atoms with van der Waals surface area (Å²) in [6.45, 7) is 6.74. The molecule has 0 spiro atoms. The van der Waals surface area contributed by atoms with Crippen LogP contribution in [0.1, 0.15) is 26.3 Å². The van der Waals surface area contributed by atoms with E-state index >= 15 is 0 Å². The maximum atomic E-state index is 2.57. The van der Waals surface area contributed by atoms with Gasteiger partial charge in [-0.2, -0.15) is 0 Å². The largest absolute Gasteiger partial charge is 0.311 e. The Bertz CT molecular complexity index is 4420. The molecule has 0 fully saturated rings. The molecule has 4 nitrogen and oxygen atoms in total. The lowest BCUT2D eigenvalue weighted by molar-refractivity contribution is 0.590. The molecule has 394 valence electrons. The van der Waals surface area contributed by atoms with Gasteiger partial charge in [0, 0.05) is 62.6 Å². The van der Waals surface area contributed by atoms with Gasteiger partial charge in [-0.25, -0.2) is 0 Å². The zero-order valence-electron chi connectivity index (χ0n) is 46.7. The van der Waals surface area contributed by atoms with E-state index in [1.54, 1.807) is 0 Å². The number of benzene rings is 13. The van der Waals surface area contributed by atoms with E-state index in [-0.39, 0.29) is 12.1 Å². The van der Waals surface area contributed by atoms with E-state index in [2.05, 4.69) is 344 Å². The summed E-state index contributed by atoms with van der Waals surface area (Å²) in [6.07, 6.45) is 0. The Morgan fingerprint density at radius 2 is 0.687 bits per heavy atom. The summed E-state index contributed by atoms with van der Waals surface area (Å²) in [5.74, 6) is 0. The van der Waals surface area contributed by atoms with Crippen LogP contribution in [0.5, 0.6) is 0 Å². The third-order valence-corrected chi connectivity index (χ3v) is 16.9. The maximum absolute atomic E-state index is 2.57. The van der Waals surface area contributed by atoms with Crippen molar-refractivity contribution in [3.8, 4) is 22.3 Å². The fourth-order valence-corrected chi connectivity index (χ4v) is 12.8. The Kier molecular flexibility index (Phi) is 12.2. The van der Waals surface area contributed by atoms with E-state index in [4.69, 9.17) is 0 Å². The zero-order valence-corrected chi connectivity index (χ0v) is 46.7. The second kappa shape index (κ2) is 20.3. The highest BCUT2D eigenvalue weighted by Crippen LogP contribution is 2.50. The van der Waals surface area contributed by atoms with Crippen LogP contribution in [0, 0.1) is 0 Å². The molecule has 0 atom stereocenters. The molecule has 2 heterocycles. The van der Waals surface area contributed by atoms with Crippen molar-refractivity contribution in [2.24, 2.45) is 0 Å². The van der Waals surface area contributed by atoms with Gasteiger partial charge in [0.05, 0.1) is 5.69 Å². The first-order valence-electron chi connectivity index (χ1n) is 28.8. The van der Waals surface area contributed by atoms with Crippen molar-refractivity contribution in [3.63, 3.8) is 0 Å². The molecular formula is C78H59BN4. The second-order valence-electron chi connectivity index (χ2n) is 23.0. The molecule has 15 rings (SSSR count). The third-order valence-electron chi connectivity index (χ3n) is 16.9. The molecule has 0 unspecified atom stereocenters. The predicted octanol–water partition coefficient (Wildman–Crippen LogP) is 19.6. The number of para-hydroxylation sites is 2. The van der Waals surface area contributed by atoms with Gasteiger partial charge < -0.3 is 19.6 Å². The molecule has 2 aliphatic rings. The summed E-state index contributed by atoms with van der Waals surface area (Å²) in [6, 6.07) is 112. The summed E-state index contributed by atoms with van der Waals surface area (Å²) in [5, 5.41) is 4.77. The van der Waals surface area contributed by atoms with Gasteiger partial charge in [-0.3, -0.25) is 0 Å². The van der Waals surface area contributed by atoms with Gasteiger partial charge in [-0.15, -0.1) is 0 Å². The fourth-order valence-electron chi connectivity index (χ4n) is 12.8. The van der Waals surface area contributed by atoms with Gasteiger partial charge in [0.1, 0.15) is 0 Å². The Morgan fingerprint density at radius 1 is 0.277 bits per heavy atom. The van der Waals surface area contributed by atoms with Crippen LogP contribution >= 0.6 is 0 Å². The van der Waals surface area contributed by atoms with Crippen LogP contribution in [-0.2, 0) is 5.41 Å². The highest BCUT2D eigenvalue weighted by molar-refractivity contribution is 7.00. The lowest BCUT2D eigenvalue weighted by Crippen LogP contribution is -2.61. The van der Waals surface area contributed by atoms with Crippen molar-refractivity contribution < 1.29 is 0 Å². The van der Waals surface area contributed by atoms with Crippen molar-refractivity contribution in [2.45, 2.75) is 26.2 Å². The van der Waals surface area contributed by atoms with E-state index in [0.29, 0.717) is 0 Å². The van der Waals surface area contributed by atoms with Gasteiger partial charge in [-0.1, -0.05) is 221 Å². The van der Waals surface area contributed by atoms with Crippen LogP contribution in [-0.4, -0.2) is 6.71 Å². The van der Waals surface area contributed by atoms with Crippen molar-refractivity contribution >= 4 is 113 Å². The van der Waals surface area contributed by atoms with Gasteiger partial charge in [0.15, 0.2) is 0 Å². The van der Waals surface area contributed by atoms with E-state index < -0.39 is 0 Å². The zero-order chi connectivity index (χ0) is 55.6. The van der Waals surface area contributed by atoms with Crippen LogP contribution in [0.2, 0.25) is 0 Å². The Labute approximate surface area is 487 Å². The minimum absolute atomic E-state index is 0.0432. The van der Waals surface area contributed by atoms with Crippen molar-refractivity contribution in [3.05, 3.63) is 309 Å². The SMILES string of the molecule is CC(C)(C)c1ccc(N2c3cc(N(c4ccccc4)c4ccccc4)ccc3B3c4cc(-c5ccccc5)ccc4N(c4ccc(-c5ccccc5)cc4)c4cc(N(c5ccc6ccccc6c5)c5ccc6ccccc6c5)cc2c43)cc1. The van der Waals surface area contributed by atoms with Crippen molar-refractivity contribution in [1.29, 1.82) is 0 Å². The smallest absolute Gasteiger partial charge is 0.252 e. The standard InChI is InChI=1S/C78H59BN4/c1-78(2,3)62-37-43-66(44-38-62)83-74-51-69(80(63-28-12-6-13-29-63)64-30-14-7-15-31-64)45-46-71(74)79-72-50-61(55-22-10-5-11-23-55)36-47-73(72)82(65-39-32-58(33-40-65)54-20-8-4-9-21-54)75-52-70(53-76(83)77(75)79)81(67-41-34-56-24-16-18-26-59(56)48-67)68-42-35-57-25-17-19-27-60(57)49-68/h4-53H,1-3H3. The van der Waals surface area contributed by atoms with Crippen molar-refractivity contribution in [1.82, 2.24) is 0 Å². The topological polar surface area (TPSA) is 13.0 Å². The maximum Gasteiger partial charge on any atom is 0.252 e. The molecule has 0 bridgehead atoms. The Balaban J connectivity index is 1.06. The molecule has 13 aromatic rings. The quantitative estimate of drug-likeness (QED) is 0.127. The number of hydrogen-bond acceptors (Lipinski definition) is 4. The van der Waals surface area contributed by atoms with Crippen LogP contribution in [0.15, 0.2) is 303 Å². The second-order valence-corrected chi connectivity index (χ2v) is 23.0. The molecule has 0 saturated heterocycles. The third kappa shape index (κ3) is 8.90. The molecule has 13 aromatic carbocycles. The molecule has 0 radical (unpaired) electrons. The summed E-state index contributed by atoms with van der Waals surface area (Å²) >= 11 is 0. The van der Waals surface area contributed by atoms with Crippen molar-refractivity contribution in [2.75, 3.05) is 19.6 Å². The average molecular weight is 1060 g/mol. The van der Waals surface area contributed by atoms with E-state index in [1.165, 1.54) is 65.8 Å². The minimum Gasteiger partial charge on any atom is -0.311 e. The monoisotopic (exact) mass is 1060 g/mol. The summed E-state index contributed by atoms with van der Waals surface area (Å²) in [4.78, 5) is 9.99. The Hall–Kier alpha value is -10.4. The normalized spacial score (nSPS) is 12.4. The first-order valence-corrected chi connectivity index (χ1v) is 28.8. The molecular weight excluding hydrogens is 1000 g/mol. The highest BCUT2D eigenvalue weighted by Gasteiger charge is 2.44. The van der Waals surface area contributed by atoms with Crippen LogP contribution in [0.25, 0.3) is 43.8 Å². The predicted molar refractivity (Wildman–Crippen MR) is 354 cm³/mol. The molecule has 83 heavy (non-hydrogen) atoms. The lowest BCUT2D eigenvalue weighted by Gasteiger charge is -2.45. The molecule has 0 N–H and O–H groups in total. The highest BCUT2D eigenvalue weighted by atomic mass is 15.2. The Morgan fingerprint density at radius 3 is 1.23 bits per heavy atom. The van der Waals surface area contributed by atoms with Crippen LogP contribution in [0.4, 0.5) is 68.2 Å². The molecule has 0 aromatic heterocycles. The van der Waals surface area contributed by atoms with Gasteiger partial charge in [-0.05, 0) is 174 Å². The van der Waals surface area contributed by atoms with Gasteiger partial charge in [0.25, 0.3) is 6.71 Å². The average Bonchev–Trinajstić information content (AvgIpc) is 1.75. The van der Waals surface area contributed by atoms with Crippen LogP contribution in [0.3, 0.4) is 0 Å². The number of anilines is 12. The van der Waals surface area contributed by atoms with E-state index in [1.807, 2.05) is 0 Å². The van der Waals surface area contributed by atoms with Gasteiger partial charge >= 0.3 is 0 Å². The first kappa shape index (κ1) is 49.7. The van der Waals surface area contributed by atoms with Crippen LogP contribution < -0.4 is 36.0 Å². The summed E-state index contributed by atoms with van der Waals surface area (Å²) in [7, 11) is 0. The molecule has 0 amide bonds. The number of hydrogen-bond donors (Lipinski definition) is 0. The molecule has 0 saturated carbocycles. The summed E-state index contributed by atoms with van der Waals surface area (Å²) < 4.78 is 0. The fraction of sp³-hybridized carbons (Fsp3) is 0.0513. The lowest BCUT2D eigenvalue weighted by atomic mass is 9.33. The number of nitrogens with zero attached hydrogens (tertiary/aromatic N) is 4. The van der Waals surface area contributed by atoms with E-state index in [0.717, 1.165) is 68.2 Å². The van der Waals surface area contributed by atoms with E-state index in [9.17, 15) is 0 Å².